The Morgan fingerprint density at radius 2 is 0.679 bits per heavy atom. The second-order valence-electron chi connectivity index (χ2n) is 14.7. The van der Waals surface area contributed by atoms with Gasteiger partial charge in [-0.2, -0.15) is 0 Å². The first-order valence-electron chi connectivity index (χ1n) is 18.4. The van der Waals surface area contributed by atoms with Crippen molar-refractivity contribution in [3.05, 3.63) is 146 Å². The van der Waals surface area contributed by atoms with Crippen LogP contribution in [0.5, 0.6) is 46.0 Å². The minimum atomic E-state index is -2.71. The maximum absolute atomic E-state index is 7.12. The van der Waals surface area contributed by atoms with Crippen LogP contribution >= 0.6 is 12.1 Å². The topological polar surface area (TPSA) is 43.4 Å². The molecule has 0 saturated heterocycles. The number of hydrogen-bond acceptors (Lipinski definition) is 8. The molecule has 2 atom stereocenters. The maximum Gasteiger partial charge on any atom is 0.148 e. The lowest BCUT2D eigenvalue weighted by molar-refractivity contribution is 0.462. The van der Waals surface area contributed by atoms with Gasteiger partial charge in [-0.05, 0) is 84.9 Å². The van der Waals surface area contributed by atoms with Gasteiger partial charge in [-0.1, -0.05) is 84.3 Å². The summed E-state index contributed by atoms with van der Waals surface area (Å²) in [6.45, 7) is 0. The molecule has 0 amide bonds. The average molecular weight is 795 g/mol. The van der Waals surface area contributed by atoms with Crippen molar-refractivity contribution in [3.63, 3.8) is 0 Å². The Bertz CT molecular complexity index is 3040. The lowest BCUT2D eigenvalue weighted by atomic mass is 10.1. The minimum Gasteiger partial charge on any atom is -0.456 e. The first-order chi connectivity index (χ1) is 27.5. The summed E-state index contributed by atoms with van der Waals surface area (Å²) in [6.07, 6.45) is 0. The SMILES string of the molecule is S=P12c3c4cccc3N(c3ccccc3)c3cccc(c31)Oc1c2c(cc2c3c5c(cc12)Oc1cccc2c1P5(=S)c1c(cccc1N2c1ccccc1)O3)O4. The van der Waals surface area contributed by atoms with Gasteiger partial charge >= 0.3 is 0 Å². The molecule has 6 aliphatic rings. The highest BCUT2D eigenvalue weighted by atomic mass is 32.4. The molecular formula is C46H24N2O4P2S2. The van der Waals surface area contributed by atoms with Crippen molar-refractivity contribution >= 4 is 112 Å². The van der Waals surface area contributed by atoms with E-state index in [1.165, 1.54) is 0 Å². The van der Waals surface area contributed by atoms with E-state index in [0.29, 0.717) is 23.0 Å². The summed E-state index contributed by atoms with van der Waals surface area (Å²) in [7, 11) is 0. The normalized spacial score (nSPS) is 19.9. The Kier molecular flexibility index (Phi) is 5.47. The van der Waals surface area contributed by atoms with Crippen LogP contribution in [0.15, 0.2) is 146 Å². The zero-order chi connectivity index (χ0) is 36.7. The summed E-state index contributed by atoms with van der Waals surface area (Å²) < 4.78 is 28.2. The number of rotatable bonds is 2. The van der Waals surface area contributed by atoms with E-state index in [0.717, 1.165) is 99.7 Å². The van der Waals surface area contributed by atoms with Gasteiger partial charge < -0.3 is 28.7 Å². The van der Waals surface area contributed by atoms with Gasteiger partial charge in [0.05, 0.1) is 66.7 Å². The van der Waals surface area contributed by atoms with Gasteiger partial charge in [0.25, 0.3) is 0 Å². The highest BCUT2D eigenvalue weighted by molar-refractivity contribution is 8.26. The van der Waals surface area contributed by atoms with Gasteiger partial charge in [0, 0.05) is 22.1 Å². The molecule has 8 aromatic rings. The van der Waals surface area contributed by atoms with Gasteiger partial charge in [-0.15, -0.1) is 0 Å². The highest BCUT2D eigenvalue weighted by Crippen LogP contribution is 2.69. The van der Waals surface area contributed by atoms with Crippen molar-refractivity contribution in [1.29, 1.82) is 0 Å². The molecule has 0 aromatic heterocycles. The molecule has 0 aliphatic carbocycles. The van der Waals surface area contributed by atoms with E-state index in [1.807, 2.05) is 24.3 Å². The standard InChI is InChI=1S/C46H24N2O4P2S2/c55-53-41-29-15-7-19-33(41)49-37-23-28-27(39(45(37)53)51-35-21-9-17-31(43(35)53)47(29)25-11-3-1-4-12-25)24-38-46-40(28)52-36-22-10-18-32-44(36)54(46,56)42-30(16-8-20-34(42)50-38)48(32)26-13-5-2-6-14-26/h1-24H. The molecule has 0 bridgehead atoms. The molecule has 0 N–H and O–H groups in total. The number of benzene rings is 8. The smallest absolute Gasteiger partial charge is 0.148 e. The molecule has 10 heteroatoms. The van der Waals surface area contributed by atoms with E-state index in [-0.39, 0.29) is 0 Å². The van der Waals surface area contributed by atoms with Crippen LogP contribution in [0.1, 0.15) is 0 Å². The van der Waals surface area contributed by atoms with Crippen molar-refractivity contribution in [3.8, 4) is 46.0 Å². The van der Waals surface area contributed by atoms with E-state index in [4.69, 9.17) is 42.6 Å². The molecule has 14 rings (SSSR count). The van der Waals surface area contributed by atoms with Crippen LogP contribution in [0, 0.1) is 0 Å². The molecule has 0 radical (unpaired) electrons. The fourth-order valence-corrected chi connectivity index (χ4v) is 19.9. The predicted molar refractivity (Wildman–Crippen MR) is 233 cm³/mol. The van der Waals surface area contributed by atoms with E-state index in [1.54, 1.807) is 0 Å². The van der Waals surface area contributed by atoms with Crippen LogP contribution in [-0.4, -0.2) is 0 Å². The molecule has 0 fully saturated rings. The summed E-state index contributed by atoms with van der Waals surface area (Å²) in [5.41, 5.74) is 6.24. The maximum atomic E-state index is 7.12. The van der Waals surface area contributed by atoms with Crippen molar-refractivity contribution in [1.82, 2.24) is 0 Å². The van der Waals surface area contributed by atoms with E-state index in [9.17, 15) is 0 Å². The molecule has 264 valence electrons. The number of ether oxygens (including phenoxy) is 4. The first-order valence-corrected chi connectivity index (χ1v) is 24.0. The lowest BCUT2D eigenvalue weighted by Crippen LogP contribution is -2.43. The number of anilines is 6. The van der Waals surface area contributed by atoms with E-state index in [2.05, 4.69) is 131 Å². The second-order valence-corrected chi connectivity index (χ2v) is 23.1. The summed E-state index contributed by atoms with van der Waals surface area (Å²) in [5.74, 6) is 5.86. The third kappa shape index (κ3) is 3.37. The summed E-state index contributed by atoms with van der Waals surface area (Å²) in [4.78, 5) is 4.59. The van der Waals surface area contributed by atoms with Crippen LogP contribution in [0.2, 0.25) is 0 Å². The van der Waals surface area contributed by atoms with Gasteiger partial charge in [0.1, 0.15) is 46.0 Å². The Morgan fingerprint density at radius 3 is 1.04 bits per heavy atom. The van der Waals surface area contributed by atoms with Crippen LogP contribution in [-0.2, 0) is 23.6 Å². The van der Waals surface area contributed by atoms with Gasteiger partial charge in [0.15, 0.2) is 0 Å². The van der Waals surface area contributed by atoms with Crippen LogP contribution in [0.4, 0.5) is 34.1 Å². The third-order valence-corrected chi connectivity index (χ3v) is 21.6. The van der Waals surface area contributed by atoms with Gasteiger partial charge in [-0.3, -0.25) is 0 Å². The Balaban J connectivity index is 1.07. The zero-order valence-electron chi connectivity index (χ0n) is 29.1. The molecule has 8 aromatic carbocycles. The molecule has 0 spiro atoms. The zero-order valence-corrected chi connectivity index (χ0v) is 32.5. The minimum absolute atomic E-state index is 0.695. The van der Waals surface area contributed by atoms with Crippen LogP contribution in [0.3, 0.4) is 0 Å². The predicted octanol–water partition coefficient (Wildman–Crippen LogP) is 10.3. The number of nitrogens with zero attached hydrogens (tertiary/aromatic N) is 2. The Hall–Kier alpha value is -5.88. The van der Waals surface area contributed by atoms with Crippen LogP contribution in [0.25, 0.3) is 10.8 Å². The quantitative estimate of drug-likeness (QED) is 0.160. The summed E-state index contributed by atoms with van der Waals surface area (Å²) in [5, 5.41) is 7.76. The summed E-state index contributed by atoms with van der Waals surface area (Å²) in [6, 6.07) is 44.8. The molecule has 6 nitrogen and oxygen atoms in total. The van der Waals surface area contributed by atoms with E-state index >= 15 is 0 Å². The fraction of sp³-hybridized carbons (Fsp3) is 0. The highest BCUT2D eigenvalue weighted by Gasteiger charge is 2.53. The van der Waals surface area contributed by atoms with Gasteiger partial charge in [0.2, 0.25) is 0 Å². The van der Waals surface area contributed by atoms with Crippen LogP contribution < -0.4 is 60.6 Å². The number of fused-ring (bicyclic) bond motifs is 3. The Morgan fingerprint density at radius 1 is 0.339 bits per heavy atom. The molecule has 2 unspecified atom stereocenters. The molecule has 56 heavy (non-hydrogen) atoms. The van der Waals surface area contributed by atoms with Crippen molar-refractivity contribution in [2.75, 3.05) is 9.80 Å². The summed E-state index contributed by atoms with van der Waals surface area (Å²) >= 11 is 14.2. The average Bonchev–Trinajstić information content (AvgIpc) is 3.22. The molecule has 6 heterocycles. The monoisotopic (exact) mass is 794 g/mol. The largest absolute Gasteiger partial charge is 0.456 e. The van der Waals surface area contributed by atoms with Crippen molar-refractivity contribution < 1.29 is 18.9 Å². The van der Waals surface area contributed by atoms with E-state index < -0.39 is 12.1 Å². The van der Waals surface area contributed by atoms with Crippen molar-refractivity contribution in [2.24, 2.45) is 0 Å². The number of para-hydroxylation sites is 2. The Labute approximate surface area is 331 Å². The van der Waals surface area contributed by atoms with Gasteiger partial charge in [-0.25, -0.2) is 0 Å². The second kappa shape index (κ2) is 10.1. The fourth-order valence-electron chi connectivity index (χ4n) is 9.83. The molecule has 6 aliphatic heterocycles. The lowest BCUT2D eigenvalue weighted by Gasteiger charge is -2.47. The van der Waals surface area contributed by atoms with Crippen molar-refractivity contribution in [2.45, 2.75) is 0 Å². The number of hydrogen-bond donors (Lipinski definition) is 0. The molecular weight excluding hydrogens is 771 g/mol. The third-order valence-electron chi connectivity index (χ3n) is 11.9. The first kappa shape index (κ1) is 30.4. The molecule has 0 saturated carbocycles.